The quantitative estimate of drug-likeness (QED) is 0.734. The summed E-state index contributed by atoms with van der Waals surface area (Å²) in [7, 11) is 1.68. The lowest BCUT2D eigenvalue weighted by atomic mass is 10.00. The number of aryl methyl sites for hydroxylation is 1. The van der Waals surface area contributed by atoms with Gasteiger partial charge < -0.3 is 4.74 Å². The van der Waals surface area contributed by atoms with E-state index in [4.69, 9.17) is 16.3 Å². The summed E-state index contributed by atoms with van der Waals surface area (Å²) >= 11 is 6.50. The minimum atomic E-state index is -0.00157. The fourth-order valence-corrected chi connectivity index (χ4v) is 2.48. The number of ether oxygens (including phenoxy) is 1. The highest BCUT2D eigenvalue weighted by Crippen LogP contribution is 2.28. The molecule has 0 spiro atoms. The number of alkyl halides is 1. The second-order valence-electron chi connectivity index (χ2n) is 4.38. The highest BCUT2D eigenvalue weighted by Gasteiger charge is 2.11. The van der Waals surface area contributed by atoms with Crippen LogP contribution in [0.4, 0.5) is 0 Å². The van der Waals surface area contributed by atoms with Gasteiger partial charge in [0.25, 0.3) is 0 Å². The lowest BCUT2D eigenvalue weighted by molar-refractivity contribution is 0.414. The van der Waals surface area contributed by atoms with Crippen LogP contribution in [0.2, 0.25) is 0 Å². The summed E-state index contributed by atoms with van der Waals surface area (Å²) in [5.41, 5.74) is 3.62. The SMILES string of the molecule is COc1cccc(CC(Cl)c2ccccc2C)c1. The molecule has 2 aromatic rings. The average Bonchev–Trinajstić information content (AvgIpc) is 2.39. The zero-order valence-corrected chi connectivity index (χ0v) is 11.4. The third kappa shape index (κ3) is 3.05. The maximum Gasteiger partial charge on any atom is 0.119 e. The number of hydrogen-bond donors (Lipinski definition) is 0. The van der Waals surface area contributed by atoms with Crippen LogP contribution in [0.15, 0.2) is 48.5 Å². The van der Waals surface area contributed by atoms with Crippen molar-refractivity contribution in [3.63, 3.8) is 0 Å². The number of rotatable bonds is 4. The second-order valence-corrected chi connectivity index (χ2v) is 4.91. The van der Waals surface area contributed by atoms with Gasteiger partial charge in [-0.15, -0.1) is 11.6 Å². The second kappa shape index (κ2) is 5.92. The Bertz CT molecular complexity index is 522. The van der Waals surface area contributed by atoms with Gasteiger partial charge in [0.1, 0.15) is 5.75 Å². The fourth-order valence-electron chi connectivity index (χ4n) is 2.05. The van der Waals surface area contributed by atoms with E-state index in [9.17, 15) is 0 Å². The third-order valence-corrected chi connectivity index (χ3v) is 3.46. The van der Waals surface area contributed by atoms with Gasteiger partial charge in [-0.25, -0.2) is 0 Å². The molecular weight excluding hydrogens is 244 g/mol. The molecule has 2 heteroatoms. The molecule has 94 valence electrons. The van der Waals surface area contributed by atoms with Gasteiger partial charge in [-0.3, -0.25) is 0 Å². The number of benzene rings is 2. The molecule has 0 aliphatic rings. The monoisotopic (exact) mass is 260 g/mol. The van der Waals surface area contributed by atoms with Crippen molar-refractivity contribution in [2.45, 2.75) is 18.7 Å². The molecule has 0 saturated heterocycles. The van der Waals surface area contributed by atoms with Gasteiger partial charge in [0, 0.05) is 0 Å². The molecule has 0 aliphatic heterocycles. The Morgan fingerprint density at radius 1 is 1.11 bits per heavy atom. The molecule has 0 amide bonds. The average molecular weight is 261 g/mol. The summed E-state index contributed by atoms with van der Waals surface area (Å²) < 4.78 is 5.22. The molecule has 2 rings (SSSR count). The maximum atomic E-state index is 6.50. The summed E-state index contributed by atoms with van der Waals surface area (Å²) in [6, 6.07) is 16.3. The molecule has 0 aromatic heterocycles. The molecule has 1 nitrogen and oxygen atoms in total. The molecule has 1 unspecified atom stereocenters. The third-order valence-electron chi connectivity index (χ3n) is 3.07. The first-order valence-electron chi connectivity index (χ1n) is 6.03. The van der Waals surface area contributed by atoms with E-state index in [-0.39, 0.29) is 5.38 Å². The topological polar surface area (TPSA) is 9.23 Å². The van der Waals surface area contributed by atoms with Gasteiger partial charge in [-0.05, 0) is 42.2 Å². The van der Waals surface area contributed by atoms with Gasteiger partial charge in [-0.2, -0.15) is 0 Å². The van der Waals surface area contributed by atoms with Gasteiger partial charge >= 0.3 is 0 Å². The smallest absolute Gasteiger partial charge is 0.119 e. The Balaban J connectivity index is 2.16. The predicted octanol–water partition coefficient (Wildman–Crippen LogP) is 4.53. The molecular formula is C16H17ClO. The first-order chi connectivity index (χ1) is 8.70. The van der Waals surface area contributed by atoms with Crippen LogP contribution in [-0.4, -0.2) is 7.11 Å². The van der Waals surface area contributed by atoms with Crippen LogP contribution < -0.4 is 4.74 Å². The van der Waals surface area contributed by atoms with Gasteiger partial charge in [0.15, 0.2) is 0 Å². The summed E-state index contributed by atoms with van der Waals surface area (Å²) in [6.07, 6.45) is 0.809. The number of halogens is 1. The molecule has 0 aliphatic carbocycles. The van der Waals surface area contributed by atoms with E-state index in [1.807, 2.05) is 30.3 Å². The van der Waals surface area contributed by atoms with E-state index in [0.717, 1.165) is 12.2 Å². The number of hydrogen-bond acceptors (Lipinski definition) is 1. The van der Waals surface area contributed by atoms with E-state index in [0.29, 0.717) is 0 Å². The standard InChI is InChI=1S/C16H17ClO/c1-12-6-3-4-9-15(12)16(17)11-13-7-5-8-14(10-13)18-2/h3-10,16H,11H2,1-2H3. The predicted molar refractivity (Wildman–Crippen MR) is 76.5 cm³/mol. The first kappa shape index (κ1) is 13.0. The Labute approximate surface area is 113 Å². The van der Waals surface area contributed by atoms with E-state index < -0.39 is 0 Å². The zero-order valence-electron chi connectivity index (χ0n) is 10.7. The summed E-state index contributed by atoms with van der Waals surface area (Å²) in [5.74, 6) is 0.876. The zero-order chi connectivity index (χ0) is 13.0. The molecule has 0 heterocycles. The molecule has 0 radical (unpaired) electrons. The van der Waals surface area contributed by atoms with E-state index in [1.165, 1.54) is 16.7 Å². The van der Waals surface area contributed by atoms with Crippen LogP contribution in [0.25, 0.3) is 0 Å². The number of methoxy groups -OCH3 is 1. The molecule has 0 N–H and O–H groups in total. The summed E-state index contributed by atoms with van der Waals surface area (Å²) in [4.78, 5) is 0. The van der Waals surface area contributed by atoms with Crippen molar-refractivity contribution < 1.29 is 4.74 Å². The minimum Gasteiger partial charge on any atom is -0.497 e. The Morgan fingerprint density at radius 2 is 1.89 bits per heavy atom. The highest BCUT2D eigenvalue weighted by atomic mass is 35.5. The molecule has 0 saturated carbocycles. The van der Waals surface area contributed by atoms with Crippen LogP contribution in [0.1, 0.15) is 22.1 Å². The normalized spacial score (nSPS) is 12.2. The molecule has 18 heavy (non-hydrogen) atoms. The summed E-state index contributed by atoms with van der Waals surface area (Å²) in [5, 5.41) is -0.00157. The summed E-state index contributed by atoms with van der Waals surface area (Å²) in [6.45, 7) is 2.09. The van der Waals surface area contributed by atoms with E-state index in [2.05, 4.69) is 25.1 Å². The van der Waals surface area contributed by atoms with Crippen LogP contribution in [0.3, 0.4) is 0 Å². The fraction of sp³-hybridized carbons (Fsp3) is 0.250. The van der Waals surface area contributed by atoms with E-state index >= 15 is 0 Å². The first-order valence-corrected chi connectivity index (χ1v) is 6.47. The lowest BCUT2D eigenvalue weighted by Gasteiger charge is -2.13. The molecule has 2 aromatic carbocycles. The van der Waals surface area contributed by atoms with Crippen molar-refractivity contribution >= 4 is 11.6 Å². The molecule has 0 bridgehead atoms. The lowest BCUT2D eigenvalue weighted by Crippen LogP contribution is -1.98. The van der Waals surface area contributed by atoms with Crippen molar-refractivity contribution in [2.75, 3.05) is 7.11 Å². The molecule has 1 atom stereocenters. The van der Waals surface area contributed by atoms with Gasteiger partial charge in [0.05, 0.1) is 12.5 Å². The minimum absolute atomic E-state index is 0.00157. The van der Waals surface area contributed by atoms with Crippen LogP contribution in [0.5, 0.6) is 5.75 Å². The van der Waals surface area contributed by atoms with Crippen molar-refractivity contribution in [2.24, 2.45) is 0 Å². The van der Waals surface area contributed by atoms with Crippen molar-refractivity contribution in [1.82, 2.24) is 0 Å². The van der Waals surface area contributed by atoms with Crippen LogP contribution in [0, 0.1) is 6.92 Å². The van der Waals surface area contributed by atoms with Gasteiger partial charge in [-0.1, -0.05) is 36.4 Å². The van der Waals surface area contributed by atoms with Crippen molar-refractivity contribution in [3.05, 3.63) is 65.2 Å². The van der Waals surface area contributed by atoms with Crippen LogP contribution in [-0.2, 0) is 6.42 Å². The maximum absolute atomic E-state index is 6.50. The van der Waals surface area contributed by atoms with Crippen LogP contribution >= 0.6 is 11.6 Å². The largest absolute Gasteiger partial charge is 0.497 e. The van der Waals surface area contributed by atoms with Crippen molar-refractivity contribution in [1.29, 1.82) is 0 Å². The highest BCUT2D eigenvalue weighted by molar-refractivity contribution is 6.21. The Hall–Kier alpha value is -1.47. The van der Waals surface area contributed by atoms with E-state index in [1.54, 1.807) is 7.11 Å². The Kier molecular flexibility index (Phi) is 4.27. The molecule has 0 fully saturated rings. The Morgan fingerprint density at radius 3 is 2.61 bits per heavy atom. The van der Waals surface area contributed by atoms with Gasteiger partial charge in [0.2, 0.25) is 0 Å². The van der Waals surface area contributed by atoms with Crippen molar-refractivity contribution in [3.8, 4) is 5.75 Å².